The highest BCUT2D eigenvalue weighted by atomic mass is 19.1. The molecule has 3 N–H and O–H groups in total. The van der Waals surface area contributed by atoms with Crippen LogP contribution in [0.25, 0.3) is 0 Å². The summed E-state index contributed by atoms with van der Waals surface area (Å²) in [5, 5.41) is 23.3. The summed E-state index contributed by atoms with van der Waals surface area (Å²) < 4.78 is 34.1. The predicted molar refractivity (Wildman–Crippen MR) is 156 cm³/mol. The third-order valence-electron chi connectivity index (χ3n) is 9.00. The molecule has 5 rings (SSSR count). The molecule has 1 unspecified atom stereocenters. The third-order valence-corrected chi connectivity index (χ3v) is 9.00. The van der Waals surface area contributed by atoms with Gasteiger partial charge in [-0.25, -0.2) is 13.6 Å². The summed E-state index contributed by atoms with van der Waals surface area (Å²) in [6.07, 6.45) is -0.433. The maximum absolute atomic E-state index is 14.5. The number of anilines is 1. The Morgan fingerprint density at radius 3 is 2.60 bits per heavy atom. The van der Waals surface area contributed by atoms with Crippen LogP contribution in [0, 0.1) is 11.6 Å². The second-order valence-electron chi connectivity index (χ2n) is 12.7. The van der Waals surface area contributed by atoms with Crippen molar-refractivity contribution in [3.05, 3.63) is 58.4 Å². The molecule has 3 aliphatic heterocycles. The van der Waals surface area contributed by atoms with Crippen LogP contribution in [-0.2, 0) is 28.0 Å². The first-order chi connectivity index (χ1) is 20.4. The molecular weight excluding hydrogens is 560 g/mol. The predicted octanol–water partition coefficient (Wildman–Crippen LogP) is 2.89. The first kappa shape index (κ1) is 31.2. The van der Waals surface area contributed by atoms with Crippen molar-refractivity contribution < 1.29 is 33.3 Å². The molecule has 12 heteroatoms. The highest BCUT2D eigenvalue weighted by molar-refractivity contribution is 5.97. The maximum atomic E-state index is 14.5. The van der Waals surface area contributed by atoms with E-state index in [4.69, 9.17) is 9.72 Å². The zero-order chi connectivity index (χ0) is 31.1. The number of hydrogen-bond donors (Lipinski definition) is 3. The van der Waals surface area contributed by atoms with Gasteiger partial charge in [0, 0.05) is 62.2 Å². The number of carbonyl (C=O) groups is 2. The van der Waals surface area contributed by atoms with E-state index < -0.39 is 23.1 Å². The number of hydrogen-bond acceptors (Lipinski definition) is 7. The van der Waals surface area contributed by atoms with Crippen molar-refractivity contribution >= 4 is 17.7 Å². The van der Waals surface area contributed by atoms with Gasteiger partial charge in [-0.2, -0.15) is 0 Å². The minimum absolute atomic E-state index is 0.0785. The number of fused-ring (bicyclic) bond motifs is 1. The molecule has 0 spiro atoms. The summed E-state index contributed by atoms with van der Waals surface area (Å²) in [5.41, 5.74) is 1.98. The van der Waals surface area contributed by atoms with Gasteiger partial charge in [-0.05, 0) is 43.5 Å². The summed E-state index contributed by atoms with van der Waals surface area (Å²) in [6, 6.07) is 4.76. The number of amides is 2. The number of rotatable bonds is 7. The quantitative estimate of drug-likeness (QED) is 0.444. The van der Waals surface area contributed by atoms with Crippen molar-refractivity contribution in [2.24, 2.45) is 0 Å². The van der Waals surface area contributed by atoms with E-state index in [0.29, 0.717) is 48.8 Å². The van der Waals surface area contributed by atoms with Crippen LogP contribution in [0.15, 0.2) is 24.3 Å². The summed E-state index contributed by atoms with van der Waals surface area (Å²) in [4.78, 5) is 36.0. The van der Waals surface area contributed by atoms with Crippen molar-refractivity contribution in [3.63, 3.8) is 0 Å². The number of piperazine rings is 1. The van der Waals surface area contributed by atoms with Crippen LogP contribution < -0.4 is 10.2 Å². The van der Waals surface area contributed by atoms with E-state index in [0.717, 1.165) is 12.6 Å². The van der Waals surface area contributed by atoms with Crippen LogP contribution in [0.2, 0.25) is 0 Å². The van der Waals surface area contributed by atoms with Gasteiger partial charge < -0.3 is 30.1 Å². The smallest absolute Gasteiger partial charge is 0.407 e. The van der Waals surface area contributed by atoms with Gasteiger partial charge in [0.1, 0.15) is 11.6 Å². The molecule has 43 heavy (non-hydrogen) atoms. The molecule has 1 aromatic heterocycles. The van der Waals surface area contributed by atoms with Crippen LogP contribution >= 0.6 is 0 Å². The average molecular weight is 602 g/mol. The monoisotopic (exact) mass is 601 g/mol. The van der Waals surface area contributed by atoms with E-state index in [2.05, 4.69) is 10.2 Å². The number of halogens is 2. The number of aromatic nitrogens is 1. The maximum Gasteiger partial charge on any atom is 0.407 e. The topological polar surface area (TPSA) is 118 Å². The Bertz CT molecular complexity index is 1370. The molecule has 0 aliphatic carbocycles. The summed E-state index contributed by atoms with van der Waals surface area (Å²) in [5.74, 6) is -1.52. The summed E-state index contributed by atoms with van der Waals surface area (Å²) >= 11 is 0. The number of pyridine rings is 1. The fourth-order valence-electron chi connectivity index (χ4n) is 6.59. The standard InChI is InChI=1S/C31H41F2N5O5/c1-18-13-36(23(14-37(18)30(41)42)12-27-19(2)34-7-8-43-27)15-28(40)38-17-31(3,4)29-26(38)10-21(25(16-39)35-29)9-20-5-6-22(32)11-24(20)33/h5-6,10-11,18-19,23,27,34,39H,7-9,12-17H2,1-4H3,(H,41,42)/t18-,19-,23+,27?/m1/s1. The third kappa shape index (κ3) is 6.52. The minimum Gasteiger partial charge on any atom is -0.465 e. The normalized spacial score (nSPS) is 25.6. The Morgan fingerprint density at radius 2 is 1.93 bits per heavy atom. The zero-order valence-electron chi connectivity index (χ0n) is 25.1. The van der Waals surface area contributed by atoms with Gasteiger partial charge in [0.25, 0.3) is 0 Å². The Balaban J connectivity index is 1.41. The Hall–Kier alpha value is -3.19. The second-order valence-corrected chi connectivity index (χ2v) is 12.7. The first-order valence-electron chi connectivity index (χ1n) is 14.8. The molecule has 0 saturated carbocycles. The molecule has 0 bridgehead atoms. The van der Waals surface area contributed by atoms with Gasteiger partial charge in [0.05, 0.1) is 42.9 Å². The van der Waals surface area contributed by atoms with Crippen molar-refractivity contribution in [1.29, 1.82) is 0 Å². The molecule has 2 amide bonds. The number of nitrogens with one attached hydrogen (secondary N) is 1. The number of benzene rings is 1. The molecule has 2 fully saturated rings. The fourth-order valence-corrected chi connectivity index (χ4v) is 6.59. The van der Waals surface area contributed by atoms with E-state index in [9.17, 15) is 28.6 Å². The number of morpholine rings is 1. The highest BCUT2D eigenvalue weighted by Gasteiger charge is 2.43. The van der Waals surface area contributed by atoms with E-state index in [-0.39, 0.29) is 61.8 Å². The van der Waals surface area contributed by atoms with Crippen molar-refractivity contribution in [3.8, 4) is 0 Å². The average Bonchev–Trinajstić information content (AvgIpc) is 3.21. The number of carbonyl (C=O) groups excluding carboxylic acids is 1. The lowest BCUT2D eigenvalue weighted by Gasteiger charge is -2.46. The van der Waals surface area contributed by atoms with Crippen molar-refractivity contribution in [2.45, 2.75) is 76.8 Å². The Morgan fingerprint density at radius 1 is 1.16 bits per heavy atom. The van der Waals surface area contributed by atoms with Crippen LogP contribution in [0.3, 0.4) is 0 Å². The molecule has 4 atom stereocenters. The summed E-state index contributed by atoms with van der Waals surface area (Å²) in [6.45, 7) is 9.96. The lowest BCUT2D eigenvalue weighted by molar-refractivity contribution is -0.122. The molecule has 234 valence electrons. The minimum atomic E-state index is -0.981. The summed E-state index contributed by atoms with van der Waals surface area (Å²) in [7, 11) is 0. The number of carboxylic acid groups (broad SMARTS) is 1. The van der Waals surface area contributed by atoms with Gasteiger partial charge in [-0.15, -0.1) is 0 Å². The largest absolute Gasteiger partial charge is 0.465 e. The molecule has 2 saturated heterocycles. The lowest BCUT2D eigenvalue weighted by atomic mass is 9.90. The molecule has 10 nitrogen and oxygen atoms in total. The second kappa shape index (κ2) is 12.4. The fraction of sp³-hybridized carbons (Fsp3) is 0.581. The van der Waals surface area contributed by atoms with E-state index >= 15 is 0 Å². The first-order valence-corrected chi connectivity index (χ1v) is 14.8. The molecule has 3 aliphatic rings. The van der Waals surface area contributed by atoms with E-state index in [1.165, 1.54) is 17.0 Å². The molecule has 1 aromatic carbocycles. The van der Waals surface area contributed by atoms with Crippen LogP contribution in [0.5, 0.6) is 0 Å². The van der Waals surface area contributed by atoms with Crippen molar-refractivity contribution in [2.75, 3.05) is 44.2 Å². The molecule has 2 aromatic rings. The number of aliphatic hydroxyl groups excluding tert-OH is 1. The van der Waals surface area contributed by atoms with Gasteiger partial charge in [0.2, 0.25) is 5.91 Å². The van der Waals surface area contributed by atoms with Crippen LogP contribution in [0.1, 0.15) is 56.6 Å². The lowest BCUT2D eigenvalue weighted by Crippen LogP contribution is -2.62. The SMILES string of the molecule is C[C@@H]1CN(CC(=O)N2CC(C)(C)c3nc(CO)c(Cc4ccc(F)cc4F)cc32)[C@@H](CC2OCCN[C@@H]2C)CN1C(=O)O. The van der Waals surface area contributed by atoms with Gasteiger partial charge in [-0.3, -0.25) is 14.7 Å². The molecular formula is C31H41F2N5O5. The zero-order valence-corrected chi connectivity index (χ0v) is 25.1. The molecule has 4 heterocycles. The highest BCUT2D eigenvalue weighted by Crippen LogP contribution is 2.41. The van der Waals surface area contributed by atoms with Crippen LogP contribution in [0.4, 0.5) is 19.3 Å². The van der Waals surface area contributed by atoms with Crippen LogP contribution in [-0.4, -0.2) is 101 Å². The van der Waals surface area contributed by atoms with Gasteiger partial charge >= 0.3 is 6.09 Å². The van der Waals surface area contributed by atoms with E-state index in [1.54, 1.807) is 11.0 Å². The van der Waals surface area contributed by atoms with Crippen molar-refractivity contribution in [1.82, 2.24) is 20.1 Å². The number of ether oxygens (including phenoxy) is 1. The van der Waals surface area contributed by atoms with E-state index in [1.807, 2.05) is 27.7 Å². The Kier molecular flexibility index (Phi) is 9.03. The van der Waals surface area contributed by atoms with Gasteiger partial charge in [0.15, 0.2) is 0 Å². The number of aliphatic hydroxyl groups is 1. The van der Waals surface area contributed by atoms with Gasteiger partial charge in [-0.1, -0.05) is 19.9 Å². The Labute approximate surface area is 250 Å². The number of nitrogens with zero attached hydrogens (tertiary/aromatic N) is 4. The molecule has 0 radical (unpaired) electrons.